The van der Waals surface area contributed by atoms with E-state index in [1.165, 1.54) is 0 Å². The molecule has 1 aromatic carbocycles. The normalized spacial score (nSPS) is 15.9. The van der Waals surface area contributed by atoms with Crippen molar-refractivity contribution >= 4 is 16.9 Å². The van der Waals surface area contributed by atoms with Crippen molar-refractivity contribution in [1.29, 1.82) is 0 Å². The molecule has 134 valence electrons. The van der Waals surface area contributed by atoms with E-state index in [-0.39, 0.29) is 23.7 Å². The van der Waals surface area contributed by atoms with Crippen LogP contribution in [0, 0.1) is 0 Å². The van der Waals surface area contributed by atoms with Gasteiger partial charge in [0.2, 0.25) is 5.91 Å². The van der Waals surface area contributed by atoms with Crippen molar-refractivity contribution in [1.82, 2.24) is 14.9 Å². The molecule has 0 spiro atoms. The van der Waals surface area contributed by atoms with E-state index in [1.807, 2.05) is 43.0 Å². The van der Waals surface area contributed by atoms with Crippen molar-refractivity contribution in [3.05, 3.63) is 40.3 Å². The zero-order valence-corrected chi connectivity index (χ0v) is 14.8. The quantitative estimate of drug-likeness (QED) is 0.904. The zero-order chi connectivity index (χ0) is 17.8. The highest BCUT2D eigenvalue weighted by molar-refractivity contribution is 5.77. The molecule has 0 bridgehead atoms. The van der Waals surface area contributed by atoms with Gasteiger partial charge in [-0.25, -0.2) is 4.98 Å². The summed E-state index contributed by atoms with van der Waals surface area (Å²) in [7, 11) is 0. The molecular formula is C19H25N3O3. The Hall–Kier alpha value is -2.21. The fourth-order valence-electron chi connectivity index (χ4n) is 3.25. The molecule has 0 atom stereocenters. The maximum Gasteiger partial charge on any atom is 0.270 e. The third kappa shape index (κ3) is 4.45. The maximum atomic E-state index is 12.4. The summed E-state index contributed by atoms with van der Waals surface area (Å²) in [5.74, 6) is 0.0809. The largest absolute Gasteiger partial charge is 0.375 e. The maximum absolute atomic E-state index is 12.4. The van der Waals surface area contributed by atoms with Gasteiger partial charge < -0.3 is 14.6 Å². The number of likely N-dealkylation sites (tertiary alicyclic amines) is 1. The molecule has 1 N–H and O–H groups in total. The van der Waals surface area contributed by atoms with Crippen LogP contribution in [0.1, 0.15) is 38.8 Å². The van der Waals surface area contributed by atoms with E-state index >= 15 is 0 Å². The van der Waals surface area contributed by atoms with Gasteiger partial charge in [-0.15, -0.1) is 0 Å². The number of benzene rings is 1. The van der Waals surface area contributed by atoms with Crippen molar-refractivity contribution in [2.45, 2.75) is 51.7 Å². The van der Waals surface area contributed by atoms with Crippen molar-refractivity contribution in [2.75, 3.05) is 13.1 Å². The highest BCUT2D eigenvalue weighted by atomic mass is 16.5. The minimum Gasteiger partial charge on any atom is -0.375 e. The van der Waals surface area contributed by atoms with Crippen LogP contribution in [0.25, 0.3) is 11.0 Å². The number of ether oxygens (including phenoxy) is 1. The van der Waals surface area contributed by atoms with Gasteiger partial charge in [0.1, 0.15) is 5.69 Å². The first-order valence-corrected chi connectivity index (χ1v) is 8.94. The van der Waals surface area contributed by atoms with Crippen molar-refractivity contribution in [3.8, 4) is 0 Å². The second-order valence-corrected chi connectivity index (χ2v) is 6.79. The monoisotopic (exact) mass is 343 g/mol. The number of nitrogens with zero attached hydrogens (tertiary/aromatic N) is 2. The van der Waals surface area contributed by atoms with E-state index in [2.05, 4.69) is 9.97 Å². The molecule has 6 nitrogen and oxygen atoms in total. The van der Waals surface area contributed by atoms with Gasteiger partial charge >= 0.3 is 0 Å². The first kappa shape index (κ1) is 17.6. The predicted molar refractivity (Wildman–Crippen MR) is 96.5 cm³/mol. The predicted octanol–water partition coefficient (Wildman–Crippen LogP) is 2.27. The number of aryl methyl sites for hydroxylation is 1. The van der Waals surface area contributed by atoms with Gasteiger partial charge in [0.15, 0.2) is 0 Å². The van der Waals surface area contributed by atoms with Crippen LogP contribution in [0.15, 0.2) is 29.1 Å². The average Bonchev–Trinajstić information content (AvgIpc) is 2.59. The minimum atomic E-state index is -0.212. The molecule has 1 aromatic heterocycles. The Balaban J connectivity index is 1.56. The standard InChI is InChI=1S/C19H25N3O3/c1-13(2)25-14-9-11-22(12-10-14)18(23)8-7-17-19(24)21-16-6-4-3-5-15(16)20-17/h3-6,13-14H,7-12H2,1-2H3,(H,21,24). The number of carbonyl (C=O) groups is 1. The van der Waals surface area contributed by atoms with Crippen LogP contribution in [0.4, 0.5) is 0 Å². The second kappa shape index (κ2) is 7.78. The molecule has 1 aliphatic rings. The third-order valence-electron chi connectivity index (χ3n) is 4.50. The Morgan fingerprint density at radius 1 is 1.32 bits per heavy atom. The topological polar surface area (TPSA) is 75.3 Å². The van der Waals surface area contributed by atoms with Crippen LogP contribution in [0.2, 0.25) is 0 Å². The van der Waals surface area contributed by atoms with E-state index in [9.17, 15) is 9.59 Å². The zero-order valence-electron chi connectivity index (χ0n) is 14.8. The molecule has 2 aromatic rings. The molecule has 0 saturated carbocycles. The van der Waals surface area contributed by atoms with E-state index in [1.54, 1.807) is 0 Å². The number of aromatic nitrogens is 2. The fourth-order valence-corrected chi connectivity index (χ4v) is 3.25. The fraction of sp³-hybridized carbons (Fsp3) is 0.526. The lowest BCUT2D eigenvalue weighted by molar-refractivity contribution is -0.134. The summed E-state index contributed by atoms with van der Waals surface area (Å²) in [4.78, 5) is 33.6. The lowest BCUT2D eigenvalue weighted by Gasteiger charge is -2.32. The smallest absolute Gasteiger partial charge is 0.270 e. The first-order valence-electron chi connectivity index (χ1n) is 8.94. The van der Waals surface area contributed by atoms with Gasteiger partial charge in [-0.2, -0.15) is 0 Å². The molecule has 1 amide bonds. The summed E-state index contributed by atoms with van der Waals surface area (Å²) >= 11 is 0. The average molecular weight is 343 g/mol. The van der Waals surface area contributed by atoms with E-state index in [0.29, 0.717) is 18.5 Å². The summed E-state index contributed by atoms with van der Waals surface area (Å²) in [6.07, 6.45) is 2.88. The van der Waals surface area contributed by atoms with E-state index in [0.717, 1.165) is 37.0 Å². The Kier molecular flexibility index (Phi) is 5.48. The number of H-pyrrole nitrogens is 1. The van der Waals surface area contributed by atoms with Crippen LogP contribution in [-0.2, 0) is 16.0 Å². The Bertz CT molecular complexity index is 792. The van der Waals surface area contributed by atoms with E-state index < -0.39 is 0 Å². The van der Waals surface area contributed by atoms with Crippen molar-refractivity contribution < 1.29 is 9.53 Å². The number of hydrogen-bond donors (Lipinski definition) is 1. The molecule has 0 radical (unpaired) electrons. The highest BCUT2D eigenvalue weighted by Gasteiger charge is 2.23. The molecule has 0 unspecified atom stereocenters. The van der Waals surface area contributed by atoms with Crippen LogP contribution in [0.3, 0.4) is 0 Å². The highest BCUT2D eigenvalue weighted by Crippen LogP contribution is 2.16. The Labute approximate surface area is 147 Å². The molecule has 1 saturated heterocycles. The lowest BCUT2D eigenvalue weighted by atomic mass is 10.1. The SMILES string of the molecule is CC(C)OC1CCN(C(=O)CCc2nc3ccccc3[nH]c2=O)CC1. The molecule has 2 heterocycles. The van der Waals surface area contributed by atoms with Gasteiger partial charge in [0.05, 0.1) is 23.2 Å². The van der Waals surface area contributed by atoms with Gasteiger partial charge in [-0.3, -0.25) is 9.59 Å². The molecule has 0 aliphatic carbocycles. The molecule has 25 heavy (non-hydrogen) atoms. The second-order valence-electron chi connectivity index (χ2n) is 6.79. The summed E-state index contributed by atoms with van der Waals surface area (Å²) < 4.78 is 5.81. The minimum absolute atomic E-state index is 0.0809. The van der Waals surface area contributed by atoms with Gasteiger partial charge in [0, 0.05) is 25.9 Å². The van der Waals surface area contributed by atoms with Gasteiger partial charge in [0.25, 0.3) is 5.56 Å². The number of rotatable bonds is 5. The number of nitrogens with one attached hydrogen (secondary N) is 1. The number of hydrogen-bond acceptors (Lipinski definition) is 4. The first-order chi connectivity index (χ1) is 12.0. The van der Waals surface area contributed by atoms with Gasteiger partial charge in [-0.05, 0) is 38.8 Å². The van der Waals surface area contributed by atoms with Gasteiger partial charge in [-0.1, -0.05) is 12.1 Å². The molecule has 1 fully saturated rings. The van der Waals surface area contributed by atoms with Crippen molar-refractivity contribution in [2.24, 2.45) is 0 Å². The molecule has 6 heteroatoms. The Morgan fingerprint density at radius 3 is 2.76 bits per heavy atom. The van der Waals surface area contributed by atoms with Crippen LogP contribution in [-0.4, -0.2) is 46.1 Å². The Morgan fingerprint density at radius 2 is 2.04 bits per heavy atom. The van der Waals surface area contributed by atoms with E-state index in [4.69, 9.17) is 4.74 Å². The van der Waals surface area contributed by atoms with Crippen LogP contribution in [0.5, 0.6) is 0 Å². The van der Waals surface area contributed by atoms with Crippen molar-refractivity contribution in [3.63, 3.8) is 0 Å². The van der Waals surface area contributed by atoms with Crippen LogP contribution >= 0.6 is 0 Å². The molecular weight excluding hydrogens is 318 g/mol. The number of fused-ring (bicyclic) bond motifs is 1. The number of piperidine rings is 1. The summed E-state index contributed by atoms with van der Waals surface area (Å²) in [6, 6.07) is 7.42. The lowest BCUT2D eigenvalue weighted by Crippen LogP contribution is -2.41. The number of amides is 1. The summed E-state index contributed by atoms with van der Waals surface area (Å²) in [5, 5.41) is 0. The molecule has 1 aliphatic heterocycles. The van der Waals surface area contributed by atoms with Crippen LogP contribution < -0.4 is 5.56 Å². The number of para-hydroxylation sites is 2. The summed E-state index contributed by atoms with van der Waals surface area (Å²) in [6.45, 7) is 5.51. The summed E-state index contributed by atoms with van der Waals surface area (Å²) in [5.41, 5.74) is 1.67. The number of aromatic amines is 1. The number of carbonyl (C=O) groups excluding carboxylic acids is 1. The third-order valence-corrected chi connectivity index (χ3v) is 4.50. The molecule has 3 rings (SSSR count).